The Labute approximate surface area is 138 Å². The summed E-state index contributed by atoms with van der Waals surface area (Å²) in [6.45, 7) is 0. The van der Waals surface area contributed by atoms with E-state index in [4.69, 9.17) is 16.6 Å². The van der Waals surface area contributed by atoms with E-state index < -0.39 is 18.1 Å². The highest BCUT2D eigenvalue weighted by Gasteiger charge is 2.18. The molecule has 7 N–H and O–H groups in total. The number of ketones is 1. The Morgan fingerprint density at radius 3 is 2.46 bits per heavy atom. The van der Waals surface area contributed by atoms with Gasteiger partial charge in [-0.25, -0.2) is 4.98 Å². The van der Waals surface area contributed by atoms with Gasteiger partial charge in [-0.05, 0) is 24.1 Å². The van der Waals surface area contributed by atoms with Crippen molar-refractivity contribution in [1.82, 2.24) is 9.97 Å². The van der Waals surface area contributed by atoms with Crippen molar-refractivity contribution in [3.8, 4) is 5.75 Å². The molecule has 0 aliphatic heterocycles. The summed E-state index contributed by atoms with van der Waals surface area (Å²) >= 11 is 0. The molecule has 0 saturated carbocycles. The van der Waals surface area contributed by atoms with Crippen molar-refractivity contribution >= 4 is 11.8 Å². The summed E-state index contributed by atoms with van der Waals surface area (Å²) < 4.78 is 0. The molecule has 0 saturated heterocycles. The van der Waals surface area contributed by atoms with Gasteiger partial charge in [-0.15, -0.1) is 0 Å². The predicted molar refractivity (Wildman–Crippen MR) is 86.6 cm³/mol. The Kier molecular flexibility index (Phi) is 5.67. The third-order valence-electron chi connectivity index (χ3n) is 3.53. The van der Waals surface area contributed by atoms with Gasteiger partial charge < -0.3 is 26.7 Å². The van der Waals surface area contributed by atoms with Gasteiger partial charge >= 0.3 is 5.97 Å². The van der Waals surface area contributed by atoms with Crippen molar-refractivity contribution in [3.63, 3.8) is 0 Å². The number of hydrogen-bond acceptors (Lipinski definition) is 6. The lowest BCUT2D eigenvalue weighted by atomic mass is 10.0. The number of aliphatic carboxylic acids is 1. The SMILES string of the molecule is N[C@H](CC(=O)c1ncc(C[C@H](N)C(=O)O)[nH]1)Cc1ccc(O)cc1. The lowest BCUT2D eigenvalue weighted by molar-refractivity contribution is -0.138. The number of phenols is 1. The van der Waals surface area contributed by atoms with Crippen LogP contribution in [0.1, 0.15) is 28.3 Å². The van der Waals surface area contributed by atoms with Crippen LogP contribution in [0.2, 0.25) is 0 Å². The fraction of sp³-hybridized carbons (Fsp3) is 0.312. The summed E-state index contributed by atoms with van der Waals surface area (Å²) in [5, 5.41) is 18.0. The minimum Gasteiger partial charge on any atom is -0.508 e. The first-order chi connectivity index (χ1) is 11.3. The van der Waals surface area contributed by atoms with Crippen LogP contribution in [-0.4, -0.2) is 44.0 Å². The van der Waals surface area contributed by atoms with Crippen LogP contribution in [0.4, 0.5) is 0 Å². The monoisotopic (exact) mass is 332 g/mol. The van der Waals surface area contributed by atoms with Crippen molar-refractivity contribution < 1.29 is 19.8 Å². The van der Waals surface area contributed by atoms with E-state index in [1.807, 2.05) is 0 Å². The van der Waals surface area contributed by atoms with E-state index in [1.54, 1.807) is 24.3 Å². The quantitative estimate of drug-likeness (QED) is 0.433. The van der Waals surface area contributed by atoms with E-state index in [9.17, 15) is 14.7 Å². The number of carboxylic acids is 1. The van der Waals surface area contributed by atoms with E-state index in [0.29, 0.717) is 12.1 Å². The molecule has 2 aromatic rings. The number of carbonyl (C=O) groups is 2. The summed E-state index contributed by atoms with van der Waals surface area (Å²) in [6, 6.07) is 5.18. The Morgan fingerprint density at radius 1 is 1.17 bits per heavy atom. The summed E-state index contributed by atoms with van der Waals surface area (Å²) in [5.74, 6) is -1.06. The van der Waals surface area contributed by atoms with Crippen LogP contribution in [0.3, 0.4) is 0 Å². The number of aromatic nitrogens is 2. The van der Waals surface area contributed by atoms with Crippen LogP contribution in [0.25, 0.3) is 0 Å². The largest absolute Gasteiger partial charge is 0.508 e. The van der Waals surface area contributed by atoms with E-state index in [0.717, 1.165) is 5.56 Å². The summed E-state index contributed by atoms with van der Waals surface area (Å²) in [7, 11) is 0. The molecule has 0 aliphatic carbocycles. The second kappa shape index (κ2) is 7.71. The van der Waals surface area contributed by atoms with Gasteiger partial charge in [0.05, 0.1) is 0 Å². The fourth-order valence-corrected chi connectivity index (χ4v) is 2.27. The highest BCUT2D eigenvalue weighted by atomic mass is 16.4. The van der Waals surface area contributed by atoms with Gasteiger partial charge in [-0.3, -0.25) is 9.59 Å². The average molecular weight is 332 g/mol. The third kappa shape index (κ3) is 4.90. The molecule has 1 heterocycles. The standard InChI is InChI=1S/C16H20N4O4/c17-10(5-9-1-3-12(21)4-2-9)6-14(22)15-19-8-11(20-15)7-13(18)16(23)24/h1-4,8,10,13,21H,5-7,17-18H2,(H,19,20)(H,23,24)/t10-,13-/m0/s1. The van der Waals surface area contributed by atoms with Gasteiger partial charge in [0.25, 0.3) is 0 Å². The summed E-state index contributed by atoms with van der Waals surface area (Å²) in [6.07, 6.45) is 2.05. The second-order valence-electron chi connectivity index (χ2n) is 5.66. The first-order valence-corrected chi connectivity index (χ1v) is 7.44. The molecule has 24 heavy (non-hydrogen) atoms. The lowest BCUT2D eigenvalue weighted by Gasteiger charge is -2.10. The number of Topliss-reactive ketones (excluding diaryl/α,β-unsaturated/α-hetero) is 1. The highest BCUT2D eigenvalue weighted by molar-refractivity contribution is 5.93. The van der Waals surface area contributed by atoms with Crippen LogP contribution in [0.5, 0.6) is 5.75 Å². The van der Waals surface area contributed by atoms with E-state index in [1.165, 1.54) is 6.20 Å². The van der Waals surface area contributed by atoms with Gasteiger partial charge in [0.2, 0.25) is 0 Å². The number of nitrogens with one attached hydrogen (secondary N) is 1. The maximum Gasteiger partial charge on any atom is 0.320 e. The fourth-order valence-electron chi connectivity index (χ4n) is 2.27. The molecule has 0 fully saturated rings. The maximum atomic E-state index is 12.2. The lowest BCUT2D eigenvalue weighted by Crippen LogP contribution is -2.32. The Bertz CT molecular complexity index is 711. The first kappa shape index (κ1) is 17.6. The molecule has 128 valence electrons. The normalized spacial score (nSPS) is 13.4. The number of aromatic amines is 1. The zero-order chi connectivity index (χ0) is 17.7. The minimum absolute atomic E-state index is 0.0647. The van der Waals surface area contributed by atoms with E-state index >= 15 is 0 Å². The summed E-state index contributed by atoms with van der Waals surface area (Å²) in [5.41, 5.74) is 12.8. The zero-order valence-corrected chi connectivity index (χ0v) is 13.0. The topological polar surface area (TPSA) is 155 Å². The van der Waals surface area contributed by atoms with Crippen molar-refractivity contribution in [2.45, 2.75) is 31.3 Å². The molecule has 0 amide bonds. The molecule has 1 aromatic carbocycles. The average Bonchev–Trinajstić information content (AvgIpc) is 2.98. The number of benzene rings is 1. The molecule has 2 atom stereocenters. The number of carboxylic acid groups (broad SMARTS) is 1. The molecule has 0 radical (unpaired) electrons. The minimum atomic E-state index is -1.12. The van der Waals surface area contributed by atoms with Gasteiger partial charge in [-0.1, -0.05) is 12.1 Å². The molecule has 0 unspecified atom stereocenters. The second-order valence-corrected chi connectivity index (χ2v) is 5.66. The third-order valence-corrected chi connectivity index (χ3v) is 3.53. The molecule has 0 aliphatic rings. The first-order valence-electron chi connectivity index (χ1n) is 7.44. The molecular formula is C16H20N4O4. The Hall–Kier alpha value is -2.71. The van der Waals surface area contributed by atoms with Crippen LogP contribution in [0, 0.1) is 0 Å². The van der Waals surface area contributed by atoms with Gasteiger partial charge in [0, 0.05) is 30.8 Å². The van der Waals surface area contributed by atoms with Gasteiger partial charge in [0.1, 0.15) is 11.8 Å². The van der Waals surface area contributed by atoms with Gasteiger partial charge in [-0.2, -0.15) is 0 Å². The number of H-pyrrole nitrogens is 1. The number of imidazole rings is 1. The number of nitrogens with two attached hydrogens (primary N) is 2. The molecule has 1 aromatic heterocycles. The van der Waals surface area contributed by atoms with Crippen LogP contribution in [0.15, 0.2) is 30.5 Å². The van der Waals surface area contributed by atoms with Crippen LogP contribution >= 0.6 is 0 Å². The highest BCUT2D eigenvalue weighted by Crippen LogP contribution is 2.12. The molecule has 0 bridgehead atoms. The van der Waals surface area contributed by atoms with E-state index in [2.05, 4.69) is 9.97 Å². The molecule has 8 heteroatoms. The number of rotatable bonds is 8. The molecule has 8 nitrogen and oxygen atoms in total. The van der Waals surface area contributed by atoms with Crippen molar-refractivity contribution in [1.29, 1.82) is 0 Å². The smallest absolute Gasteiger partial charge is 0.320 e. The molecule has 2 rings (SSSR count). The van der Waals surface area contributed by atoms with Crippen LogP contribution in [-0.2, 0) is 17.6 Å². The number of phenolic OH excluding ortho intramolecular Hbond substituents is 1. The Morgan fingerprint density at radius 2 is 1.83 bits per heavy atom. The molecule has 0 spiro atoms. The van der Waals surface area contributed by atoms with Crippen molar-refractivity contribution in [2.24, 2.45) is 11.5 Å². The number of carbonyl (C=O) groups excluding carboxylic acids is 1. The molecular weight excluding hydrogens is 312 g/mol. The predicted octanol–water partition coefficient (Wildman–Crippen LogP) is 0.213. The van der Waals surface area contributed by atoms with Crippen molar-refractivity contribution in [3.05, 3.63) is 47.5 Å². The maximum absolute atomic E-state index is 12.2. The summed E-state index contributed by atoms with van der Waals surface area (Å²) in [4.78, 5) is 29.6. The number of aromatic hydroxyl groups is 1. The number of nitrogens with zero attached hydrogens (tertiary/aromatic N) is 1. The van der Waals surface area contributed by atoms with Crippen LogP contribution < -0.4 is 11.5 Å². The van der Waals surface area contributed by atoms with Gasteiger partial charge in [0.15, 0.2) is 11.6 Å². The van der Waals surface area contributed by atoms with Crippen molar-refractivity contribution in [2.75, 3.05) is 0 Å². The number of hydrogen-bond donors (Lipinski definition) is 5. The zero-order valence-electron chi connectivity index (χ0n) is 13.0. The van der Waals surface area contributed by atoms with E-state index in [-0.39, 0.29) is 30.2 Å². The Balaban J connectivity index is 1.90.